The molecule has 0 unspecified atom stereocenters. The summed E-state index contributed by atoms with van der Waals surface area (Å²) in [6.45, 7) is 3.40. The Kier molecular flexibility index (Phi) is 5.55. The van der Waals surface area contributed by atoms with Crippen molar-refractivity contribution in [2.45, 2.75) is 19.8 Å². The summed E-state index contributed by atoms with van der Waals surface area (Å²) in [5, 5.41) is 6.01. The lowest BCUT2D eigenvalue weighted by Crippen LogP contribution is -2.11. The molecule has 0 radical (unpaired) electrons. The van der Waals surface area contributed by atoms with Gasteiger partial charge in [0, 0.05) is 18.0 Å². The molecule has 2 N–H and O–H groups in total. The lowest BCUT2D eigenvalue weighted by Gasteiger charge is -2.08. The first-order valence-electron chi connectivity index (χ1n) is 6.43. The van der Waals surface area contributed by atoms with Gasteiger partial charge in [0.05, 0.1) is 10.5 Å². The van der Waals surface area contributed by atoms with E-state index in [9.17, 15) is 4.39 Å². The Morgan fingerprint density at radius 3 is 2.85 bits per heavy atom. The highest BCUT2D eigenvalue weighted by molar-refractivity contribution is 7.16. The van der Waals surface area contributed by atoms with Gasteiger partial charge in [-0.1, -0.05) is 18.5 Å². The van der Waals surface area contributed by atoms with E-state index >= 15 is 0 Å². The summed E-state index contributed by atoms with van der Waals surface area (Å²) in [6.07, 6.45) is 2.91. The van der Waals surface area contributed by atoms with Crippen LogP contribution < -0.4 is 10.6 Å². The minimum atomic E-state index is -0.448. The van der Waals surface area contributed by atoms with Gasteiger partial charge in [0.15, 0.2) is 11.6 Å². The molecular weight excluding hydrogens is 299 g/mol. The molecule has 108 valence electrons. The Hall–Kier alpha value is -1.40. The average molecular weight is 315 g/mol. The largest absolute Gasteiger partial charge is 0.367 e. The summed E-state index contributed by atoms with van der Waals surface area (Å²) in [4.78, 5) is 9.16. The predicted octanol–water partition coefficient (Wildman–Crippen LogP) is 3.81. The number of halogens is 2. The molecule has 0 aliphatic heterocycles. The highest BCUT2D eigenvalue weighted by Gasteiger charge is 2.06. The van der Waals surface area contributed by atoms with Gasteiger partial charge in [0.25, 0.3) is 0 Å². The minimum absolute atomic E-state index is 0.223. The Bertz CT molecular complexity index is 561. The molecule has 0 fully saturated rings. The zero-order valence-corrected chi connectivity index (χ0v) is 12.7. The highest BCUT2D eigenvalue weighted by atomic mass is 35.5. The first kappa shape index (κ1) is 15.0. The fourth-order valence-corrected chi connectivity index (χ4v) is 2.69. The number of hydrogen-bond acceptors (Lipinski definition) is 5. The molecule has 0 atom stereocenters. The van der Waals surface area contributed by atoms with Crippen molar-refractivity contribution in [3.63, 3.8) is 0 Å². The molecule has 2 aromatic rings. The van der Waals surface area contributed by atoms with E-state index in [0.717, 1.165) is 28.6 Å². The second kappa shape index (κ2) is 7.40. The number of nitrogens with zero attached hydrogens (tertiary/aromatic N) is 2. The molecule has 0 bridgehead atoms. The molecule has 0 aliphatic carbocycles. The van der Waals surface area contributed by atoms with Gasteiger partial charge in [-0.3, -0.25) is 0 Å². The molecule has 7 heteroatoms. The lowest BCUT2D eigenvalue weighted by atomic mass is 10.3. The van der Waals surface area contributed by atoms with Crippen LogP contribution in [0, 0.1) is 5.82 Å². The topological polar surface area (TPSA) is 49.8 Å². The van der Waals surface area contributed by atoms with Crippen LogP contribution in [0.1, 0.15) is 18.2 Å². The van der Waals surface area contributed by atoms with Crippen molar-refractivity contribution in [2.75, 3.05) is 23.7 Å². The number of nitrogens with one attached hydrogen (secondary N) is 2. The second-order valence-electron chi connectivity index (χ2n) is 4.20. The SMILES string of the molecule is CCCNc1ncc(F)c(NCCc2ccc(Cl)s2)n1. The van der Waals surface area contributed by atoms with E-state index in [0.29, 0.717) is 12.5 Å². The summed E-state index contributed by atoms with van der Waals surface area (Å²) < 4.78 is 14.4. The van der Waals surface area contributed by atoms with E-state index in [-0.39, 0.29) is 5.82 Å². The number of hydrogen-bond donors (Lipinski definition) is 2. The monoisotopic (exact) mass is 314 g/mol. The number of rotatable bonds is 7. The fourth-order valence-electron chi connectivity index (χ4n) is 1.60. The minimum Gasteiger partial charge on any atom is -0.367 e. The number of anilines is 2. The molecule has 0 saturated heterocycles. The van der Waals surface area contributed by atoms with E-state index in [1.807, 2.05) is 19.1 Å². The van der Waals surface area contributed by atoms with Crippen molar-refractivity contribution in [3.05, 3.63) is 33.4 Å². The maximum Gasteiger partial charge on any atom is 0.224 e. The zero-order chi connectivity index (χ0) is 14.4. The van der Waals surface area contributed by atoms with Crippen LogP contribution in [0.25, 0.3) is 0 Å². The van der Waals surface area contributed by atoms with E-state index in [4.69, 9.17) is 11.6 Å². The van der Waals surface area contributed by atoms with Gasteiger partial charge in [-0.15, -0.1) is 11.3 Å². The highest BCUT2D eigenvalue weighted by Crippen LogP contribution is 2.21. The van der Waals surface area contributed by atoms with Gasteiger partial charge in [0.2, 0.25) is 5.95 Å². The molecule has 0 aliphatic rings. The Labute approximate surface area is 126 Å². The van der Waals surface area contributed by atoms with Crippen LogP contribution in [0.5, 0.6) is 0 Å². The maximum atomic E-state index is 13.6. The van der Waals surface area contributed by atoms with Gasteiger partial charge in [-0.05, 0) is 25.0 Å². The molecule has 20 heavy (non-hydrogen) atoms. The van der Waals surface area contributed by atoms with Crippen LogP contribution in [0.3, 0.4) is 0 Å². The van der Waals surface area contributed by atoms with Gasteiger partial charge in [0.1, 0.15) is 0 Å². The van der Waals surface area contributed by atoms with Crippen molar-refractivity contribution in [3.8, 4) is 0 Å². The summed E-state index contributed by atoms with van der Waals surface area (Å²) in [5.74, 6) is 0.215. The van der Waals surface area contributed by atoms with Crippen LogP contribution in [0.15, 0.2) is 18.3 Å². The molecule has 4 nitrogen and oxygen atoms in total. The van der Waals surface area contributed by atoms with E-state index in [1.54, 1.807) is 0 Å². The Morgan fingerprint density at radius 1 is 1.30 bits per heavy atom. The smallest absolute Gasteiger partial charge is 0.224 e. The van der Waals surface area contributed by atoms with Crippen molar-refractivity contribution < 1.29 is 4.39 Å². The van der Waals surface area contributed by atoms with Gasteiger partial charge < -0.3 is 10.6 Å². The van der Waals surface area contributed by atoms with Crippen molar-refractivity contribution in [1.29, 1.82) is 0 Å². The third-order valence-corrected chi connectivity index (χ3v) is 3.86. The summed E-state index contributed by atoms with van der Waals surface area (Å²) >= 11 is 7.39. The van der Waals surface area contributed by atoms with Gasteiger partial charge in [-0.25, -0.2) is 9.37 Å². The normalized spacial score (nSPS) is 10.6. The van der Waals surface area contributed by atoms with Crippen molar-refractivity contribution in [2.24, 2.45) is 0 Å². The third-order valence-electron chi connectivity index (χ3n) is 2.57. The molecule has 2 rings (SSSR count). The Balaban J connectivity index is 1.90. The molecular formula is C13H16ClFN4S. The van der Waals surface area contributed by atoms with Crippen LogP contribution in [0.4, 0.5) is 16.2 Å². The molecule has 0 amide bonds. The van der Waals surface area contributed by atoms with E-state index in [1.165, 1.54) is 17.5 Å². The van der Waals surface area contributed by atoms with Crippen LogP contribution >= 0.6 is 22.9 Å². The summed E-state index contributed by atoms with van der Waals surface area (Å²) in [5.41, 5.74) is 0. The number of aromatic nitrogens is 2. The number of thiophene rings is 1. The molecule has 2 heterocycles. The van der Waals surface area contributed by atoms with Crippen molar-refractivity contribution in [1.82, 2.24) is 9.97 Å². The van der Waals surface area contributed by atoms with E-state index < -0.39 is 5.82 Å². The zero-order valence-electron chi connectivity index (χ0n) is 11.1. The van der Waals surface area contributed by atoms with Crippen LogP contribution in [-0.2, 0) is 6.42 Å². The average Bonchev–Trinajstić information content (AvgIpc) is 2.85. The van der Waals surface area contributed by atoms with Gasteiger partial charge in [-0.2, -0.15) is 4.98 Å². The predicted molar refractivity (Wildman–Crippen MR) is 82.3 cm³/mol. The first-order chi connectivity index (χ1) is 9.69. The molecule has 0 saturated carbocycles. The molecule has 0 aromatic carbocycles. The van der Waals surface area contributed by atoms with Crippen LogP contribution in [-0.4, -0.2) is 23.1 Å². The maximum absolute atomic E-state index is 13.6. The molecule has 0 spiro atoms. The standard InChI is InChI=1S/C13H16ClFN4S/c1-2-6-17-13-18-8-10(15)12(19-13)16-7-5-9-3-4-11(14)20-9/h3-4,8H,2,5-7H2,1H3,(H2,16,17,18,19). The van der Waals surface area contributed by atoms with Gasteiger partial charge >= 0.3 is 0 Å². The van der Waals surface area contributed by atoms with Crippen LogP contribution in [0.2, 0.25) is 4.34 Å². The summed E-state index contributed by atoms with van der Waals surface area (Å²) in [6, 6.07) is 3.83. The lowest BCUT2D eigenvalue weighted by molar-refractivity contribution is 0.617. The van der Waals surface area contributed by atoms with E-state index in [2.05, 4.69) is 20.6 Å². The first-order valence-corrected chi connectivity index (χ1v) is 7.63. The quantitative estimate of drug-likeness (QED) is 0.816. The van der Waals surface area contributed by atoms with Crippen molar-refractivity contribution >= 4 is 34.7 Å². The molecule has 2 aromatic heterocycles. The Morgan fingerprint density at radius 2 is 2.15 bits per heavy atom. The fraction of sp³-hybridized carbons (Fsp3) is 0.385. The third kappa shape index (κ3) is 4.31. The second-order valence-corrected chi connectivity index (χ2v) is 6.00. The summed E-state index contributed by atoms with van der Waals surface area (Å²) in [7, 11) is 0.